The molecule has 14 heavy (non-hydrogen) atoms. The van der Waals surface area contributed by atoms with Gasteiger partial charge in [-0.3, -0.25) is 0 Å². The molecular weight excluding hydrogens is 189 g/mol. The fourth-order valence-electron chi connectivity index (χ4n) is 1.87. The zero-order valence-electron chi connectivity index (χ0n) is 7.62. The number of benzene rings is 2. The summed E-state index contributed by atoms with van der Waals surface area (Å²) in [6.07, 6.45) is 0. The van der Waals surface area contributed by atoms with Crippen molar-refractivity contribution in [2.75, 3.05) is 0 Å². The van der Waals surface area contributed by atoms with Gasteiger partial charge in [0.25, 0.3) is 0 Å². The van der Waals surface area contributed by atoms with Crippen LogP contribution in [0.5, 0.6) is 0 Å². The van der Waals surface area contributed by atoms with Crippen molar-refractivity contribution >= 4 is 36.4 Å². The highest BCUT2D eigenvalue weighted by atomic mass is 31.0. The first kappa shape index (κ1) is 8.02. The number of nitrogens with one attached hydrogen (secondary N) is 1. The van der Waals surface area contributed by atoms with Crippen molar-refractivity contribution in [2.24, 2.45) is 0 Å². The van der Waals surface area contributed by atoms with E-state index in [1.165, 1.54) is 27.1 Å². The first-order chi connectivity index (χ1) is 6.84. The van der Waals surface area contributed by atoms with E-state index in [9.17, 15) is 0 Å². The molecule has 0 radical (unpaired) electrons. The Morgan fingerprint density at radius 2 is 1.64 bits per heavy atom. The monoisotopic (exact) mass is 199 g/mol. The van der Waals surface area contributed by atoms with Gasteiger partial charge in [-0.1, -0.05) is 24.3 Å². The van der Waals surface area contributed by atoms with Crippen LogP contribution in [0.4, 0.5) is 0 Å². The van der Waals surface area contributed by atoms with Crippen molar-refractivity contribution in [3.8, 4) is 0 Å². The molecule has 2 heteroatoms. The predicted molar refractivity (Wildman–Crippen MR) is 65.1 cm³/mol. The summed E-state index contributed by atoms with van der Waals surface area (Å²) in [5, 5.41) is 3.82. The van der Waals surface area contributed by atoms with E-state index in [1.807, 2.05) is 0 Å². The fraction of sp³-hybridized carbons (Fsp3) is 0. The maximum absolute atomic E-state index is 3.40. The topological polar surface area (TPSA) is 15.8 Å². The summed E-state index contributed by atoms with van der Waals surface area (Å²) in [5.41, 5.74) is 2.41. The quantitative estimate of drug-likeness (QED) is 0.536. The molecule has 0 saturated heterocycles. The molecule has 3 aromatic rings. The second-order valence-electron chi connectivity index (χ2n) is 3.48. The lowest BCUT2D eigenvalue weighted by Crippen LogP contribution is -1.86. The Bertz CT molecular complexity index is 610. The summed E-state index contributed by atoms with van der Waals surface area (Å²) in [6.45, 7) is 0. The van der Waals surface area contributed by atoms with E-state index in [0.29, 0.717) is 0 Å². The number of rotatable bonds is 0. The van der Waals surface area contributed by atoms with E-state index >= 15 is 0 Å². The van der Waals surface area contributed by atoms with Gasteiger partial charge in [-0.15, -0.1) is 9.24 Å². The van der Waals surface area contributed by atoms with E-state index in [0.717, 1.165) is 0 Å². The van der Waals surface area contributed by atoms with E-state index in [4.69, 9.17) is 0 Å². The highest BCUT2D eigenvalue weighted by Gasteiger charge is 2.02. The highest BCUT2D eigenvalue weighted by molar-refractivity contribution is 7.27. The molecule has 1 unspecified atom stereocenters. The zero-order valence-corrected chi connectivity index (χ0v) is 8.77. The molecule has 1 heterocycles. The highest BCUT2D eigenvalue weighted by Crippen LogP contribution is 2.24. The normalized spacial score (nSPS) is 11.2. The summed E-state index contributed by atoms with van der Waals surface area (Å²) in [4.78, 5) is 3.40. The van der Waals surface area contributed by atoms with Crippen LogP contribution in [0.25, 0.3) is 21.8 Å². The second-order valence-corrected chi connectivity index (χ2v) is 4.14. The molecule has 0 bridgehead atoms. The van der Waals surface area contributed by atoms with Gasteiger partial charge in [0.2, 0.25) is 0 Å². The Morgan fingerprint density at radius 1 is 0.857 bits per heavy atom. The van der Waals surface area contributed by atoms with Gasteiger partial charge in [-0.25, -0.2) is 0 Å². The Labute approximate surface area is 84.3 Å². The van der Waals surface area contributed by atoms with Crippen LogP contribution in [0, 0.1) is 0 Å². The summed E-state index contributed by atoms with van der Waals surface area (Å²) in [7, 11) is 2.73. The summed E-state index contributed by atoms with van der Waals surface area (Å²) in [5.74, 6) is 0. The molecular formula is C12H10NP. The SMILES string of the molecule is Pc1ccc2[nH]c3ccccc3c2c1. The minimum absolute atomic E-state index is 1.21. The van der Waals surface area contributed by atoms with Crippen molar-refractivity contribution in [3.05, 3.63) is 42.5 Å². The smallest absolute Gasteiger partial charge is 0.0465 e. The van der Waals surface area contributed by atoms with Crippen LogP contribution < -0.4 is 5.30 Å². The summed E-state index contributed by atoms with van der Waals surface area (Å²) >= 11 is 0. The summed E-state index contributed by atoms with van der Waals surface area (Å²) < 4.78 is 0. The van der Waals surface area contributed by atoms with Crippen molar-refractivity contribution < 1.29 is 0 Å². The maximum Gasteiger partial charge on any atom is 0.0465 e. The minimum Gasteiger partial charge on any atom is -0.355 e. The predicted octanol–water partition coefficient (Wildman–Crippen LogP) is 2.82. The molecule has 0 aliphatic rings. The third kappa shape index (κ3) is 1.06. The van der Waals surface area contributed by atoms with Crippen LogP contribution in [0.1, 0.15) is 0 Å². The Balaban J connectivity index is 2.58. The molecule has 2 aromatic carbocycles. The van der Waals surface area contributed by atoms with Gasteiger partial charge in [-0.05, 0) is 23.5 Å². The van der Waals surface area contributed by atoms with Crippen LogP contribution in [0.15, 0.2) is 42.5 Å². The fourth-order valence-corrected chi connectivity index (χ4v) is 2.13. The molecule has 68 valence electrons. The number of H-pyrrole nitrogens is 1. The largest absolute Gasteiger partial charge is 0.355 e. The van der Waals surface area contributed by atoms with Gasteiger partial charge in [-0.2, -0.15) is 0 Å². The molecule has 0 amide bonds. The average Bonchev–Trinajstić information content (AvgIpc) is 2.56. The lowest BCUT2D eigenvalue weighted by atomic mass is 10.1. The molecule has 0 fully saturated rings. The molecule has 1 atom stereocenters. The van der Waals surface area contributed by atoms with Crippen molar-refractivity contribution in [2.45, 2.75) is 0 Å². The first-order valence-corrected chi connectivity index (χ1v) is 5.18. The van der Waals surface area contributed by atoms with Crippen LogP contribution >= 0.6 is 9.24 Å². The number of aromatic nitrogens is 1. The number of hydrogen-bond donors (Lipinski definition) is 1. The molecule has 0 saturated carbocycles. The maximum atomic E-state index is 3.40. The van der Waals surface area contributed by atoms with Crippen molar-refractivity contribution in [3.63, 3.8) is 0 Å². The number of aromatic amines is 1. The second kappa shape index (κ2) is 2.83. The van der Waals surface area contributed by atoms with Gasteiger partial charge >= 0.3 is 0 Å². The molecule has 0 aliphatic heterocycles. The minimum atomic E-state index is 1.21. The zero-order chi connectivity index (χ0) is 9.54. The third-order valence-corrected chi connectivity index (χ3v) is 2.89. The van der Waals surface area contributed by atoms with Crippen LogP contribution in [-0.2, 0) is 0 Å². The van der Waals surface area contributed by atoms with Gasteiger partial charge in [0.15, 0.2) is 0 Å². The van der Waals surface area contributed by atoms with E-state index < -0.39 is 0 Å². The van der Waals surface area contributed by atoms with E-state index in [1.54, 1.807) is 0 Å². The van der Waals surface area contributed by atoms with Crippen LogP contribution in [0.3, 0.4) is 0 Å². The Kier molecular flexibility index (Phi) is 1.62. The number of fused-ring (bicyclic) bond motifs is 3. The lowest BCUT2D eigenvalue weighted by molar-refractivity contribution is 1.55. The number of hydrogen-bond acceptors (Lipinski definition) is 0. The molecule has 0 spiro atoms. The van der Waals surface area contributed by atoms with Crippen LogP contribution in [-0.4, -0.2) is 4.98 Å². The van der Waals surface area contributed by atoms with E-state index in [-0.39, 0.29) is 0 Å². The van der Waals surface area contributed by atoms with Gasteiger partial charge in [0.1, 0.15) is 0 Å². The molecule has 0 aliphatic carbocycles. The van der Waals surface area contributed by atoms with Gasteiger partial charge in [0.05, 0.1) is 0 Å². The third-order valence-electron chi connectivity index (χ3n) is 2.53. The molecule has 3 rings (SSSR count). The Hall–Kier alpha value is -1.33. The molecule has 1 N–H and O–H groups in total. The molecule has 1 aromatic heterocycles. The van der Waals surface area contributed by atoms with Crippen molar-refractivity contribution in [1.82, 2.24) is 4.98 Å². The standard InChI is InChI=1S/C12H10NP/c14-8-5-6-12-10(7-8)9-3-1-2-4-11(9)13-12/h1-7,13H,14H2. The number of para-hydroxylation sites is 1. The molecule has 1 nitrogen and oxygen atoms in total. The van der Waals surface area contributed by atoms with Crippen LogP contribution in [0.2, 0.25) is 0 Å². The average molecular weight is 199 g/mol. The van der Waals surface area contributed by atoms with Crippen molar-refractivity contribution in [1.29, 1.82) is 0 Å². The van der Waals surface area contributed by atoms with E-state index in [2.05, 4.69) is 56.7 Å². The van der Waals surface area contributed by atoms with Gasteiger partial charge < -0.3 is 4.98 Å². The lowest BCUT2D eigenvalue weighted by Gasteiger charge is -1.92. The Morgan fingerprint density at radius 3 is 2.57 bits per heavy atom. The first-order valence-electron chi connectivity index (χ1n) is 4.60. The van der Waals surface area contributed by atoms with Gasteiger partial charge in [0, 0.05) is 21.8 Å². The summed E-state index contributed by atoms with van der Waals surface area (Å²) in [6, 6.07) is 14.8.